The molecule has 15 heavy (non-hydrogen) atoms. The Kier molecular flexibility index (Phi) is 3.69. The van der Waals surface area contributed by atoms with Gasteiger partial charge in [-0.25, -0.2) is 0 Å². The lowest BCUT2D eigenvalue weighted by Crippen LogP contribution is -2.38. The van der Waals surface area contributed by atoms with Gasteiger partial charge in [-0.3, -0.25) is 4.79 Å². The molecule has 1 unspecified atom stereocenters. The van der Waals surface area contributed by atoms with Gasteiger partial charge in [0.1, 0.15) is 0 Å². The minimum Gasteiger partial charge on any atom is -0.370 e. The number of benzene rings is 1. The zero-order valence-electron chi connectivity index (χ0n) is 9.66. The van der Waals surface area contributed by atoms with Gasteiger partial charge in [0.15, 0.2) is 0 Å². The molecule has 0 bridgehead atoms. The van der Waals surface area contributed by atoms with Gasteiger partial charge in [-0.1, -0.05) is 50.0 Å². The average Bonchev–Trinajstić information content (AvgIpc) is 2.13. The van der Waals surface area contributed by atoms with Gasteiger partial charge in [0, 0.05) is 5.54 Å². The topological polar surface area (TPSA) is 43.1 Å². The fourth-order valence-corrected chi connectivity index (χ4v) is 3.38. The number of rotatable bonds is 4. The molecule has 0 aliphatic rings. The standard InChI is InChI=1S/C12H19NOSi/c1-15(2,3)11(12(13)14)9-10-7-5-4-6-8-10/h4-8,11H,9H2,1-3H3,(H2,13,14). The zero-order chi connectivity index (χ0) is 11.5. The maximum absolute atomic E-state index is 11.4. The molecule has 2 N–H and O–H groups in total. The third kappa shape index (κ3) is 3.51. The quantitative estimate of drug-likeness (QED) is 0.780. The maximum Gasteiger partial charge on any atom is 0.218 e. The van der Waals surface area contributed by atoms with E-state index in [1.165, 1.54) is 5.56 Å². The largest absolute Gasteiger partial charge is 0.370 e. The molecule has 1 rings (SSSR count). The number of nitrogens with two attached hydrogens (primary N) is 1. The molecular formula is C12H19NOSi. The highest BCUT2D eigenvalue weighted by Gasteiger charge is 2.31. The summed E-state index contributed by atoms with van der Waals surface area (Å²) in [6.45, 7) is 6.56. The first kappa shape index (κ1) is 12.0. The summed E-state index contributed by atoms with van der Waals surface area (Å²) in [6.07, 6.45) is 0.784. The molecule has 0 spiro atoms. The van der Waals surface area contributed by atoms with E-state index in [9.17, 15) is 4.79 Å². The van der Waals surface area contributed by atoms with Crippen LogP contribution in [0.4, 0.5) is 0 Å². The number of carbonyl (C=O) groups excluding carboxylic acids is 1. The Balaban J connectivity index is 2.82. The van der Waals surface area contributed by atoms with Crippen molar-refractivity contribution in [2.75, 3.05) is 0 Å². The van der Waals surface area contributed by atoms with Crippen molar-refractivity contribution in [2.45, 2.75) is 31.6 Å². The van der Waals surface area contributed by atoms with Gasteiger partial charge in [-0.2, -0.15) is 0 Å². The van der Waals surface area contributed by atoms with Crippen molar-refractivity contribution >= 4 is 14.0 Å². The molecule has 0 aliphatic carbocycles. The van der Waals surface area contributed by atoms with E-state index in [1.807, 2.05) is 18.2 Å². The summed E-state index contributed by atoms with van der Waals surface area (Å²) in [5, 5.41) is 0. The third-order valence-corrected chi connectivity index (χ3v) is 5.25. The summed E-state index contributed by atoms with van der Waals surface area (Å²) in [5.41, 5.74) is 6.69. The van der Waals surface area contributed by atoms with Crippen LogP contribution in [0.3, 0.4) is 0 Å². The molecule has 2 nitrogen and oxygen atoms in total. The summed E-state index contributed by atoms with van der Waals surface area (Å²) in [7, 11) is -1.51. The summed E-state index contributed by atoms with van der Waals surface area (Å²) in [4.78, 5) is 11.4. The molecule has 0 fully saturated rings. The van der Waals surface area contributed by atoms with Gasteiger partial charge >= 0.3 is 0 Å². The number of carbonyl (C=O) groups is 1. The minimum absolute atomic E-state index is 0.0277. The van der Waals surface area contributed by atoms with Crippen molar-refractivity contribution < 1.29 is 4.79 Å². The van der Waals surface area contributed by atoms with Crippen LogP contribution in [0.15, 0.2) is 30.3 Å². The van der Waals surface area contributed by atoms with E-state index in [2.05, 4.69) is 31.8 Å². The lowest BCUT2D eigenvalue weighted by atomic mass is 10.1. The van der Waals surface area contributed by atoms with Crippen LogP contribution < -0.4 is 5.73 Å². The molecule has 0 aromatic heterocycles. The second-order valence-electron chi connectivity index (χ2n) is 5.01. The van der Waals surface area contributed by atoms with Crippen molar-refractivity contribution in [3.8, 4) is 0 Å². The van der Waals surface area contributed by atoms with Crippen molar-refractivity contribution in [3.05, 3.63) is 35.9 Å². The predicted molar refractivity (Wildman–Crippen MR) is 66.4 cm³/mol. The van der Waals surface area contributed by atoms with Crippen LogP contribution in [0.25, 0.3) is 0 Å². The summed E-state index contributed by atoms with van der Waals surface area (Å²) < 4.78 is 0. The molecule has 1 atom stereocenters. The lowest BCUT2D eigenvalue weighted by Gasteiger charge is -2.26. The summed E-state index contributed by atoms with van der Waals surface area (Å²) in [6, 6.07) is 10.1. The fraction of sp³-hybridized carbons (Fsp3) is 0.417. The van der Waals surface area contributed by atoms with Gasteiger partial charge < -0.3 is 5.73 Å². The highest BCUT2D eigenvalue weighted by atomic mass is 28.3. The molecule has 0 saturated heterocycles. The van der Waals surface area contributed by atoms with E-state index < -0.39 is 8.07 Å². The van der Waals surface area contributed by atoms with E-state index in [0.717, 1.165) is 6.42 Å². The normalized spacial score (nSPS) is 13.5. The highest BCUT2D eigenvalue weighted by Crippen LogP contribution is 2.25. The van der Waals surface area contributed by atoms with E-state index >= 15 is 0 Å². The Hall–Kier alpha value is -1.09. The van der Waals surface area contributed by atoms with E-state index in [0.29, 0.717) is 0 Å². The average molecular weight is 221 g/mol. The Morgan fingerprint density at radius 3 is 2.20 bits per heavy atom. The van der Waals surface area contributed by atoms with Crippen LogP contribution in [0, 0.1) is 0 Å². The molecule has 3 heteroatoms. The number of hydrogen-bond donors (Lipinski definition) is 1. The highest BCUT2D eigenvalue weighted by molar-refractivity contribution is 6.80. The lowest BCUT2D eigenvalue weighted by molar-refractivity contribution is -0.118. The molecule has 0 heterocycles. The zero-order valence-corrected chi connectivity index (χ0v) is 10.7. The monoisotopic (exact) mass is 221 g/mol. The van der Waals surface area contributed by atoms with Crippen LogP contribution in [0.1, 0.15) is 5.56 Å². The van der Waals surface area contributed by atoms with Crippen LogP contribution in [-0.4, -0.2) is 14.0 Å². The van der Waals surface area contributed by atoms with Gasteiger partial charge in [0.2, 0.25) is 5.91 Å². The van der Waals surface area contributed by atoms with Crippen LogP contribution in [-0.2, 0) is 11.2 Å². The Morgan fingerprint density at radius 1 is 1.27 bits per heavy atom. The van der Waals surface area contributed by atoms with Gasteiger partial charge in [-0.15, -0.1) is 0 Å². The van der Waals surface area contributed by atoms with Crippen LogP contribution in [0.2, 0.25) is 25.2 Å². The molecule has 1 aromatic carbocycles. The first-order chi connectivity index (χ1) is 6.91. The van der Waals surface area contributed by atoms with E-state index in [-0.39, 0.29) is 11.4 Å². The summed E-state index contributed by atoms with van der Waals surface area (Å²) in [5.74, 6) is -0.155. The first-order valence-electron chi connectivity index (χ1n) is 5.24. The molecule has 0 radical (unpaired) electrons. The van der Waals surface area contributed by atoms with E-state index in [4.69, 9.17) is 5.73 Å². The molecule has 0 aliphatic heterocycles. The third-order valence-electron chi connectivity index (χ3n) is 2.67. The van der Waals surface area contributed by atoms with Crippen LogP contribution >= 0.6 is 0 Å². The van der Waals surface area contributed by atoms with Crippen molar-refractivity contribution in [1.29, 1.82) is 0 Å². The summed E-state index contributed by atoms with van der Waals surface area (Å²) >= 11 is 0. The minimum atomic E-state index is -1.51. The maximum atomic E-state index is 11.4. The fourth-order valence-electron chi connectivity index (χ4n) is 1.68. The molecule has 82 valence electrons. The SMILES string of the molecule is C[Si](C)(C)C(Cc1ccccc1)C(N)=O. The van der Waals surface area contributed by atoms with E-state index in [1.54, 1.807) is 0 Å². The Labute approximate surface area is 92.5 Å². The molecule has 1 aromatic rings. The van der Waals surface area contributed by atoms with Gasteiger partial charge in [-0.05, 0) is 12.0 Å². The van der Waals surface area contributed by atoms with Crippen LogP contribution in [0.5, 0.6) is 0 Å². The van der Waals surface area contributed by atoms with Crippen molar-refractivity contribution in [3.63, 3.8) is 0 Å². The Morgan fingerprint density at radius 2 is 1.80 bits per heavy atom. The second-order valence-corrected chi connectivity index (χ2v) is 10.4. The van der Waals surface area contributed by atoms with Crippen molar-refractivity contribution in [2.24, 2.45) is 5.73 Å². The molecular weight excluding hydrogens is 202 g/mol. The number of primary amides is 1. The van der Waals surface area contributed by atoms with Gasteiger partial charge in [0.25, 0.3) is 0 Å². The van der Waals surface area contributed by atoms with Crippen molar-refractivity contribution in [1.82, 2.24) is 0 Å². The molecule has 1 amide bonds. The number of hydrogen-bond acceptors (Lipinski definition) is 1. The smallest absolute Gasteiger partial charge is 0.218 e. The number of amides is 1. The first-order valence-corrected chi connectivity index (χ1v) is 8.82. The Bertz CT molecular complexity index is 329. The molecule has 0 saturated carbocycles. The van der Waals surface area contributed by atoms with Gasteiger partial charge in [0.05, 0.1) is 8.07 Å². The predicted octanol–water partition coefficient (Wildman–Crippen LogP) is 2.42. The second kappa shape index (κ2) is 4.62.